The highest BCUT2D eigenvalue weighted by Crippen LogP contribution is 2.28. The van der Waals surface area contributed by atoms with Crippen LogP contribution in [0.25, 0.3) is 11.2 Å². The van der Waals surface area contributed by atoms with Gasteiger partial charge in [-0.05, 0) is 23.3 Å². The van der Waals surface area contributed by atoms with Crippen LogP contribution in [-0.2, 0) is 12.3 Å². The molecule has 0 bridgehead atoms. The quantitative estimate of drug-likeness (QED) is 0.176. The zero-order valence-electron chi connectivity index (χ0n) is 16.9. The fourth-order valence-electron chi connectivity index (χ4n) is 3.10. The summed E-state index contributed by atoms with van der Waals surface area (Å²) in [5, 5.41) is 11.6. The number of imidazole rings is 1. The number of rotatable bonds is 8. The summed E-state index contributed by atoms with van der Waals surface area (Å²) in [7, 11) is 3.24. The van der Waals surface area contributed by atoms with Gasteiger partial charge in [-0.15, -0.1) is 0 Å². The second-order valence-electron chi connectivity index (χ2n) is 6.66. The van der Waals surface area contributed by atoms with Crippen molar-refractivity contribution in [2.24, 2.45) is 0 Å². The van der Waals surface area contributed by atoms with Gasteiger partial charge in [-0.2, -0.15) is 0 Å². The number of ether oxygens (including phenoxy) is 2. The standard InChI is InChI=1S/C21H19N5O4S/c1-29-17-7-15(8-18(9-17)30-2)10-25-13-24-19-20(25)22-12-23-21(19)31-11-14-3-5-16(6-4-14)26(27)28/h3-9,12-13H,10-11H2,1-2H3. The maximum Gasteiger partial charge on any atom is 0.269 e. The monoisotopic (exact) mass is 437 g/mol. The van der Waals surface area contributed by atoms with Gasteiger partial charge in [-0.25, -0.2) is 15.0 Å². The Hall–Kier alpha value is -3.66. The molecule has 0 fully saturated rings. The Morgan fingerprint density at radius 1 is 1.00 bits per heavy atom. The number of non-ortho nitro benzene ring substituents is 1. The molecule has 0 radical (unpaired) electrons. The highest BCUT2D eigenvalue weighted by atomic mass is 32.2. The van der Waals surface area contributed by atoms with Crippen LogP contribution in [0.2, 0.25) is 0 Å². The molecule has 2 aromatic heterocycles. The van der Waals surface area contributed by atoms with E-state index in [1.165, 1.54) is 30.2 Å². The number of methoxy groups -OCH3 is 2. The minimum absolute atomic E-state index is 0.0751. The van der Waals surface area contributed by atoms with Crippen molar-refractivity contribution in [1.82, 2.24) is 19.5 Å². The minimum Gasteiger partial charge on any atom is -0.497 e. The van der Waals surface area contributed by atoms with E-state index in [9.17, 15) is 10.1 Å². The van der Waals surface area contributed by atoms with Crippen LogP contribution in [0.5, 0.6) is 11.5 Å². The summed E-state index contributed by atoms with van der Waals surface area (Å²) in [6.07, 6.45) is 3.26. The number of nitro groups is 1. The first kappa shape index (κ1) is 20.6. The Labute approximate surface area is 182 Å². The lowest BCUT2D eigenvalue weighted by atomic mass is 10.2. The molecule has 4 rings (SSSR count). The first-order chi connectivity index (χ1) is 15.1. The molecule has 0 spiro atoms. The van der Waals surface area contributed by atoms with Gasteiger partial charge >= 0.3 is 0 Å². The molecule has 0 atom stereocenters. The molecule has 4 aromatic rings. The normalized spacial score (nSPS) is 10.9. The zero-order valence-corrected chi connectivity index (χ0v) is 17.7. The summed E-state index contributed by atoms with van der Waals surface area (Å²) >= 11 is 1.51. The molecule has 0 amide bonds. The number of hydrogen-bond donors (Lipinski definition) is 0. The summed E-state index contributed by atoms with van der Waals surface area (Å²) in [6.45, 7) is 0.549. The van der Waals surface area contributed by atoms with E-state index in [0.29, 0.717) is 29.3 Å². The Morgan fingerprint density at radius 2 is 1.71 bits per heavy atom. The van der Waals surface area contributed by atoms with Crippen molar-refractivity contribution in [3.05, 3.63) is 76.4 Å². The van der Waals surface area contributed by atoms with Gasteiger partial charge < -0.3 is 14.0 Å². The van der Waals surface area contributed by atoms with Gasteiger partial charge in [0.2, 0.25) is 0 Å². The van der Waals surface area contributed by atoms with E-state index in [1.54, 1.807) is 32.7 Å². The van der Waals surface area contributed by atoms with Crippen molar-refractivity contribution in [3.8, 4) is 11.5 Å². The fraction of sp³-hybridized carbons (Fsp3) is 0.190. The van der Waals surface area contributed by atoms with Crippen molar-refractivity contribution < 1.29 is 14.4 Å². The van der Waals surface area contributed by atoms with Crippen molar-refractivity contribution in [3.63, 3.8) is 0 Å². The van der Waals surface area contributed by atoms with Crippen molar-refractivity contribution in [1.29, 1.82) is 0 Å². The lowest BCUT2D eigenvalue weighted by Crippen LogP contribution is -2.01. The van der Waals surface area contributed by atoms with Gasteiger partial charge in [0.15, 0.2) is 5.65 Å². The second-order valence-corrected chi connectivity index (χ2v) is 7.62. The number of nitro benzene ring substituents is 1. The fourth-order valence-corrected chi connectivity index (χ4v) is 4.00. The Morgan fingerprint density at radius 3 is 2.35 bits per heavy atom. The summed E-state index contributed by atoms with van der Waals surface area (Å²) < 4.78 is 12.6. The second kappa shape index (κ2) is 9.00. The van der Waals surface area contributed by atoms with Gasteiger partial charge in [-0.3, -0.25) is 10.1 Å². The molecular weight excluding hydrogens is 418 g/mol. The number of fused-ring (bicyclic) bond motifs is 1. The molecule has 31 heavy (non-hydrogen) atoms. The van der Waals surface area contributed by atoms with E-state index in [2.05, 4.69) is 15.0 Å². The smallest absolute Gasteiger partial charge is 0.269 e. The number of benzene rings is 2. The van der Waals surface area contributed by atoms with Crippen LogP contribution in [0.1, 0.15) is 11.1 Å². The van der Waals surface area contributed by atoms with E-state index in [-0.39, 0.29) is 5.69 Å². The SMILES string of the molecule is COc1cc(Cn2cnc3c(SCc4ccc([N+](=O)[O-])cc4)ncnc32)cc(OC)c1. The minimum atomic E-state index is -0.407. The van der Waals surface area contributed by atoms with E-state index in [0.717, 1.165) is 21.8 Å². The number of aromatic nitrogens is 4. The average molecular weight is 437 g/mol. The molecule has 0 saturated carbocycles. The van der Waals surface area contributed by atoms with Gasteiger partial charge in [0.1, 0.15) is 28.4 Å². The van der Waals surface area contributed by atoms with Crippen molar-refractivity contribution in [2.45, 2.75) is 17.3 Å². The first-order valence-electron chi connectivity index (χ1n) is 9.31. The van der Waals surface area contributed by atoms with E-state index in [4.69, 9.17) is 9.47 Å². The van der Waals surface area contributed by atoms with Crippen LogP contribution in [0, 0.1) is 10.1 Å². The van der Waals surface area contributed by atoms with E-state index in [1.807, 2.05) is 22.8 Å². The third-order valence-corrected chi connectivity index (χ3v) is 5.70. The maximum atomic E-state index is 10.8. The number of nitrogens with zero attached hydrogens (tertiary/aromatic N) is 5. The molecule has 158 valence electrons. The first-order valence-corrected chi connectivity index (χ1v) is 10.3. The molecule has 2 heterocycles. The molecule has 0 aliphatic carbocycles. The number of thioether (sulfide) groups is 1. The molecule has 10 heteroatoms. The summed E-state index contributed by atoms with van der Waals surface area (Å²) in [6, 6.07) is 12.2. The molecule has 0 aliphatic rings. The predicted octanol–water partition coefficient (Wildman–Crippen LogP) is 4.09. The third-order valence-electron chi connectivity index (χ3n) is 4.65. The van der Waals surface area contributed by atoms with Gasteiger partial charge in [0, 0.05) is 24.0 Å². The third kappa shape index (κ3) is 4.58. The van der Waals surface area contributed by atoms with Crippen LogP contribution < -0.4 is 9.47 Å². The molecule has 0 saturated heterocycles. The van der Waals surface area contributed by atoms with Crippen molar-refractivity contribution in [2.75, 3.05) is 14.2 Å². The average Bonchev–Trinajstić information content (AvgIpc) is 3.21. The Balaban J connectivity index is 1.55. The lowest BCUT2D eigenvalue weighted by Gasteiger charge is -2.09. The van der Waals surface area contributed by atoms with Crippen LogP contribution in [0.15, 0.2) is 60.1 Å². The molecule has 9 nitrogen and oxygen atoms in total. The maximum absolute atomic E-state index is 10.8. The largest absolute Gasteiger partial charge is 0.497 e. The van der Waals surface area contributed by atoms with Crippen LogP contribution in [0.4, 0.5) is 5.69 Å². The number of hydrogen-bond acceptors (Lipinski definition) is 8. The molecule has 0 aliphatic heterocycles. The van der Waals surface area contributed by atoms with Gasteiger partial charge in [0.25, 0.3) is 5.69 Å². The highest BCUT2D eigenvalue weighted by molar-refractivity contribution is 7.98. The molecule has 2 aromatic carbocycles. The van der Waals surface area contributed by atoms with Crippen molar-refractivity contribution >= 4 is 28.6 Å². The summed E-state index contributed by atoms with van der Waals surface area (Å²) in [4.78, 5) is 23.7. The summed E-state index contributed by atoms with van der Waals surface area (Å²) in [5.74, 6) is 2.05. The zero-order chi connectivity index (χ0) is 21.8. The van der Waals surface area contributed by atoms with Gasteiger partial charge in [0.05, 0.1) is 32.0 Å². The molecule has 0 N–H and O–H groups in total. The lowest BCUT2D eigenvalue weighted by molar-refractivity contribution is -0.384. The van der Waals surface area contributed by atoms with Crippen LogP contribution in [-0.4, -0.2) is 38.7 Å². The van der Waals surface area contributed by atoms with Crippen LogP contribution in [0.3, 0.4) is 0 Å². The van der Waals surface area contributed by atoms with E-state index < -0.39 is 4.92 Å². The topological polar surface area (TPSA) is 105 Å². The van der Waals surface area contributed by atoms with Gasteiger partial charge in [-0.1, -0.05) is 23.9 Å². The molecular formula is C21H19N5O4S. The Kier molecular flexibility index (Phi) is 5.99. The van der Waals surface area contributed by atoms with Crippen LogP contribution >= 0.6 is 11.8 Å². The highest BCUT2D eigenvalue weighted by Gasteiger charge is 2.13. The summed E-state index contributed by atoms with van der Waals surface area (Å²) in [5.41, 5.74) is 3.47. The van der Waals surface area contributed by atoms with E-state index >= 15 is 0 Å². The predicted molar refractivity (Wildman–Crippen MR) is 117 cm³/mol. The Bertz CT molecular complexity index is 1200. The molecule has 0 unspecified atom stereocenters.